The molecule has 0 bridgehead atoms. The van der Waals surface area contributed by atoms with Gasteiger partial charge in [0, 0.05) is 0 Å². The molecule has 0 spiro atoms. The van der Waals surface area contributed by atoms with Gasteiger partial charge in [-0.1, -0.05) is 53.9 Å². The summed E-state index contributed by atoms with van der Waals surface area (Å²) in [7, 11) is 0. The summed E-state index contributed by atoms with van der Waals surface area (Å²) in [5.74, 6) is 2.85. The summed E-state index contributed by atoms with van der Waals surface area (Å²) < 4.78 is 0. The molecule has 0 aromatic heterocycles. The van der Waals surface area contributed by atoms with Crippen molar-refractivity contribution in [2.45, 2.75) is 60.3 Å². The molecular formula is C13H26. The summed E-state index contributed by atoms with van der Waals surface area (Å²) in [5.41, 5.74) is 0.698. The fraction of sp³-hybridized carbons (Fsp3) is 1.00. The van der Waals surface area contributed by atoms with Crippen LogP contribution < -0.4 is 0 Å². The van der Waals surface area contributed by atoms with Crippen molar-refractivity contribution in [2.75, 3.05) is 0 Å². The minimum Gasteiger partial charge on any atom is -0.0654 e. The fourth-order valence-corrected chi connectivity index (χ4v) is 2.82. The van der Waals surface area contributed by atoms with E-state index >= 15 is 0 Å². The van der Waals surface area contributed by atoms with Gasteiger partial charge in [-0.05, 0) is 29.6 Å². The summed E-state index contributed by atoms with van der Waals surface area (Å²) in [6, 6.07) is 0. The van der Waals surface area contributed by atoms with Crippen LogP contribution in [-0.4, -0.2) is 0 Å². The van der Waals surface area contributed by atoms with E-state index in [9.17, 15) is 0 Å². The maximum Gasteiger partial charge on any atom is -0.0266 e. The molecule has 1 fully saturated rings. The van der Waals surface area contributed by atoms with Gasteiger partial charge in [0.05, 0.1) is 0 Å². The fourth-order valence-electron chi connectivity index (χ4n) is 2.82. The standard InChI is InChI=1S/C13H26/c1-6-7-8-11(4)13(5)9-12(13)10(2)3/h10-12H,6-9H2,1-5H3. The van der Waals surface area contributed by atoms with Gasteiger partial charge in [-0.25, -0.2) is 0 Å². The van der Waals surface area contributed by atoms with Crippen molar-refractivity contribution in [3.8, 4) is 0 Å². The molecule has 3 unspecified atom stereocenters. The Morgan fingerprint density at radius 3 is 2.31 bits per heavy atom. The Hall–Kier alpha value is 0. The van der Waals surface area contributed by atoms with Crippen LogP contribution in [0.1, 0.15) is 60.3 Å². The van der Waals surface area contributed by atoms with E-state index in [2.05, 4.69) is 34.6 Å². The molecule has 0 radical (unpaired) electrons. The third kappa shape index (κ3) is 2.27. The van der Waals surface area contributed by atoms with Gasteiger partial charge in [-0.15, -0.1) is 0 Å². The zero-order valence-corrected chi connectivity index (χ0v) is 10.1. The van der Waals surface area contributed by atoms with Gasteiger partial charge in [0.15, 0.2) is 0 Å². The second kappa shape index (κ2) is 4.02. The van der Waals surface area contributed by atoms with Gasteiger partial charge < -0.3 is 0 Å². The third-order valence-corrected chi connectivity index (χ3v) is 4.27. The lowest BCUT2D eigenvalue weighted by Crippen LogP contribution is -2.13. The molecule has 0 N–H and O–H groups in total. The Morgan fingerprint density at radius 2 is 1.92 bits per heavy atom. The van der Waals surface area contributed by atoms with Crippen LogP contribution in [0.25, 0.3) is 0 Å². The molecule has 0 aromatic rings. The van der Waals surface area contributed by atoms with Crippen molar-refractivity contribution in [3.63, 3.8) is 0 Å². The summed E-state index contributed by atoms with van der Waals surface area (Å²) in [4.78, 5) is 0. The molecule has 13 heavy (non-hydrogen) atoms. The maximum absolute atomic E-state index is 2.50. The van der Waals surface area contributed by atoms with Crippen molar-refractivity contribution >= 4 is 0 Å². The SMILES string of the molecule is CCCCC(C)C1(C)CC1C(C)C. The van der Waals surface area contributed by atoms with Crippen LogP contribution in [0, 0.1) is 23.2 Å². The van der Waals surface area contributed by atoms with E-state index in [0.29, 0.717) is 5.41 Å². The smallest absolute Gasteiger partial charge is 0.0266 e. The van der Waals surface area contributed by atoms with E-state index in [0.717, 1.165) is 17.8 Å². The molecule has 3 atom stereocenters. The Labute approximate surface area is 84.1 Å². The first-order valence-corrected chi connectivity index (χ1v) is 6.02. The third-order valence-electron chi connectivity index (χ3n) is 4.27. The topological polar surface area (TPSA) is 0 Å². The van der Waals surface area contributed by atoms with Crippen molar-refractivity contribution in [2.24, 2.45) is 23.2 Å². The zero-order valence-electron chi connectivity index (χ0n) is 10.1. The van der Waals surface area contributed by atoms with Crippen molar-refractivity contribution in [1.82, 2.24) is 0 Å². The van der Waals surface area contributed by atoms with E-state index < -0.39 is 0 Å². The van der Waals surface area contributed by atoms with Crippen LogP contribution >= 0.6 is 0 Å². The van der Waals surface area contributed by atoms with Crippen LogP contribution in [0.5, 0.6) is 0 Å². The van der Waals surface area contributed by atoms with Crippen molar-refractivity contribution < 1.29 is 0 Å². The lowest BCUT2D eigenvalue weighted by atomic mass is 9.84. The lowest BCUT2D eigenvalue weighted by Gasteiger charge is -2.21. The second-order valence-electron chi connectivity index (χ2n) is 5.60. The first-order chi connectivity index (χ1) is 6.02. The number of unbranched alkanes of at least 4 members (excludes halogenated alkanes) is 1. The summed E-state index contributed by atoms with van der Waals surface area (Å²) in [6.07, 6.45) is 5.69. The van der Waals surface area contributed by atoms with Crippen molar-refractivity contribution in [1.29, 1.82) is 0 Å². The van der Waals surface area contributed by atoms with Gasteiger partial charge in [0.25, 0.3) is 0 Å². The predicted molar refractivity (Wildman–Crippen MR) is 59.7 cm³/mol. The first-order valence-electron chi connectivity index (χ1n) is 6.02. The molecule has 1 saturated carbocycles. The molecule has 0 nitrogen and oxygen atoms in total. The van der Waals surface area contributed by atoms with Crippen LogP contribution in [-0.2, 0) is 0 Å². The van der Waals surface area contributed by atoms with E-state index in [1.165, 1.54) is 25.7 Å². The highest BCUT2D eigenvalue weighted by molar-refractivity contribution is 5.02. The summed E-state index contributed by atoms with van der Waals surface area (Å²) >= 11 is 0. The highest BCUT2D eigenvalue weighted by atomic mass is 14.6. The maximum atomic E-state index is 2.50. The highest BCUT2D eigenvalue weighted by Crippen LogP contribution is 2.61. The van der Waals surface area contributed by atoms with E-state index in [1.807, 2.05) is 0 Å². The summed E-state index contributed by atoms with van der Waals surface area (Å²) in [5, 5.41) is 0. The summed E-state index contributed by atoms with van der Waals surface area (Å²) in [6.45, 7) is 12.0. The lowest BCUT2D eigenvalue weighted by molar-refractivity contribution is 0.281. The highest BCUT2D eigenvalue weighted by Gasteiger charge is 2.53. The first kappa shape index (κ1) is 11.1. The molecule has 0 saturated heterocycles. The van der Waals surface area contributed by atoms with E-state index in [4.69, 9.17) is 0 Å². The van der Waals surface area contributed by atoms with Gasteiger partial charge in [0.2, 0.25) is 0 Å². The predicted octanol–water partition coefficient (Wildman–Crippen LogP) is 4.49. The molecule has 1 aliphatic carbocycles. The van der Waals surface area contributed by atoms with Gasteiger partial charge in [0.1, 0.15) is 0 Å². The average Bonchev–Trinajstić information content (AvgIpc) is 2.75. The monoisotopic (exact) mass is 182 g/mol. The van der Waals surface area contributed by atoms with Crippen LogP contribution in [0.3, 0.4) is 0 Å². The van der Waals surface area contributed by atoms with E-state index in [-0.39, 0.29) is 0 Å². The van der Waals surface area contributed by atoms with Crippen LogP contribution in [0.15, 0.2) is 0 Å². The molecular weight excluding hydrogens is 156 g/mol. The quantitative estimate of drug-likeness (QED) is 0.587. The van der Waals surface area contributed by atoms with Gasteiger partial charge >= 0.3 is 0 Å². The van der Waals surface area contributed by atoms with Gasteiger partial charge in [-0.3, -0.25) is 0 Å². The van der Waals surface area contributed by atoms with Crippen LogP contribution in [0.2, 0.25) is 0 Å². The Morgan fingerprint density at radius 1 is 1.31 bits per heavy atom. The van der Waals surface area contributed by atoms with Crippen molar-refractivity contribution in [3.05, 3.63) is 0 Å². The second-order valence-corrected chi connectivity index (χ2v) is 5.60. The van der Waals surface area contributed by atoms with Gasteiger partial charge in [-0.2, -0.15) is 0 Å². The molecule has 0 heterocycles. The molecule has 78 valence electrons. The van der Waals surface area contributed by atoms with E-state index in [1.54, 1.807) is 0 Å². The number of rotatable bonds is 5. The Balaban J connectivity index is 2.36. The Bertz CT molecular complexity index is 159. The zero-order chi connectivity index (χ0) is 10.1. The molecule has 1 rings (SSSR count). The minimum absolute atomic E-state index is 0.698. The molecule has 1 aliphatic rings. The average molecular weight is 182 g/mol. The normalized spacial score (nSPS) is 35.1. The number of hydrogen-bond acceptors (Lipinski definition) is 0. The molecule has 0 aliphatic heterocycles. The number of hydrogen-bond donors (Lipinski definition) is 0. The molecule has 0 heteroatoms. The minimum atomic E-state index is 0.698. The largest absolute Gasteiger partial charge is 0.0654 e. The molecule has 0 aromatic carbocycles. The van der Waals surface area contributed by atoms with Crippen LogP contribution in [0.4, 0.5) is 0 Å². The molecule has 0 amide bonds. The Kier molecular flexibility index (Phi) is 3.43.